The lowest BCUT2D eigenvalue weighted by Crippen LogP contribution is -2.40. The summed E-state index contributed by atoms with van der Waals surface area (Å²) in [5, 5.41) is 9.28. The third kappa shape index (κ3) is 4.62. The van der Waals surface area contributed by atoms with Crippen molar-refractivity contribution in [2.24, 2.45) is 5.92 Å². The number of aliphatic carboxylic acids is 1. The highest BCUT2D eigenvalue weighted by atomic mass is 35.5. The molecule has 1 saturated heterocycles. The van der Waals surface area contributed by atoms with Gasteiger partial charge in [0.2, 0.25) is 0 Å². The zero-order valence-corrected chi connectivity index (χ0v) is 17.2. The van der Waals surface area contributed by atoms with E-state index in [1.807, 2.05) is 48.5 Å². The maximum atomic E-state index is 13.0. The Bertz CT molecular complexity index is 886. The lowest BCUT2D eigenvalue weighted by atomic mass is 9.98. The number of para-hydroxylation sites is 1. The lowest BCUT2D eigenvalue weighted by Gasteiger charge is -2.32. The number of hydrogen-bond acceptors (Lipinski definition) is 4. The Kier molecular flexibility index (Phi) is 6.93. The highest BCUT2D eigenvalue weighted by Crippen LogP contribution is 2.30. The molecular weight excluding hydrogens is 388 g/mol. The van der Waals surface area contributed by atoms with E-state index in [0.29, 0.717) is 6.54 Å². The van der Waals surface area contributed by atoms with Gasteiger partial charge in [0, 0.05) is 36.4 Å². The molecule has 6 heteroatoms. The number of halogens is 1. The topological polar surface area (TPSA) is 60.9 Å². The molecule has 0 radical (unpaired) electrons. The SMILES string of the molecule is Cl.O=C1c2ccccc2CN(CCCN2CCC[C@@H](C(=O)O)C2)c2ccccc21. The molecule has 154 valence electrons. The standard InChI is InChI=1S/C23H26N2O3.ClH/c26-22-19-9-2-1-7-17(19)16-25(21-11-4-3-10-20(21)22)14-6-13-24-12-5-8-18(15-24)23(27)28;/h1-4,7,9-11,18H,5-6,8,12-16H2,(H,27,28);1H/t18-;/m1./s1. The molecule has 0 aromatic heterocycles. The summed E-state index contributed by atoms with van der Waals surface area (Å²) in [6, 6.07) is 15.7. The summed E-state index contributed by atoms with van der Waals surface area (Å²) in [5.41, 5.74) is 3.60. The van der Waals surface area contributed by atoms with Crippen LogP contribution in [0.4, 0.5) is 5.69 Å². The molecule has 29 heavy (non-hydrogen) atoms. The summed E-state index contributed by atoms with van der Waals surface area (Å²) in [4.78, 5) is 28.8. The molecule has 0 aliphatic carbocycles. The lowest BCUT2D eigenvalue weighted by molar-refractivity contribution is -0.143. The number of ketones is 1. The second kappa shape index (κ2) is 9.42. The molecule has 0 saturated carbocycles. The first-order valence-corrected chi connectivity index (χ1v) is 10.1. The van der Waals surface area contributed by atoms with Crippen LogP contribution < -0.4 is 4.90 Å². The Morgan fingerprint density at radius 3 is 2.55 bits per heavy atom. The highest BCUT2D eigenvalue weighted by molar-refractivity contribution is 6.14. The average molecular weight is 415 g/mol. The fourth-order valence-electron chi connectivity index (χ4n) is 4.40. The van der Waals surface area contributed by atoms with Crippen LogP contribution in [0, 0.1) is 5.92 Å². The van der Waals surface area contributed by atoms with Gasteiger partial charge in [-0.15, -0.1) is 12.4 Å². The third-order valence-electron chi connectivity index (χ3n) is 5.87. The van der Waals surface area contributed by atoms with Crippen LogP contribution in [0.3, 0.4) is 0 Å². The average Bonchev–Trinajstić information content (AvgIpc) is 2.84. The van der Waals surface area contributed by atoms with Crippen molar-refractivity contribution in [3.05, 3.63) is 65.2 Å². The molecule has 1 atom stereocenters. The van der Waals surface area contributed by atoms with Gasteiger partial charge in [-0.3, -0.25) is 9.59 Å². The number of carbonyl (C=O) groups is 2. The molecule has 0 amide bonds. The van der Waals surface area contributed by atoms with E-state index in [2.05, 4.69) is 9.80 Å². The Balaban J connectivity index is 0.00000240. The van der Waals surface area contributed by atoms with Crippen molar-refractivity contribution in [2.45, 2.75) is 25.8 Å². The van der Waals surface area contributed by atoms with Crippen molar-refractivity contribution in [1.29, 1.82) is 0 Å². The number of likely N-dealkylation sites (tertiary alicyclic amines) is 1. The van der Waals surface area contributed by atoms with Crippen LogP contribution >= 0.6 is 12.4 Å². The van der Waals surface area contributed by atoms with Gasteiger partial charge in [0.05, 0.1) is 5.92 Å². The van der Waals surface area contributed by atoms with Crippen LogP contribution in [0.5, 0.6) is 0 Å². The van der Waals surface area contributed by atoms with E-state index in [9.17, 15) is 14.7 Å². The van der Waals surface area contributed by atoms with Crippen LogP contribution in [0.15, 0.2) is 48.5 Å². The van der Waals surface area contributed by atoms with E-state index in [0.717, 1.165) is 67.8 Å². The summed E-state index contributed by atoms with van der Waals surface area (Å²) in [5.74, 6) is -0.826. The molecule has 2 aliphatic heterocycles. The maximum absolute atomic E-state index is 13.0. The smallest absolute Gasteiger partial charge is 0.307 e. The zero-order valence-electron chi connectivity index (χ0n) is 16.4. The number of fused-ring (bicyclic) bond motifs is 2. The Hall–Kier alpha value is -2.37. The molecule has 0 spiro atoms. The molecule has 0 bridgehead atoms. The number of rotatable bonds is 5. The Labute approximate surface area is 177 Å². The van der Waals surface area contributed by atoms with Gasteiger partial charge in [-0.1, -0.05) is 36.4 Å². The number of benzene rings is 2. The van der Waals surface area contributed by atoms with Crippen molar-refractivity contribution in [1.82, 2.24) is 4.90 Å². The van der Waals surface area contributed by atoms with E-state index in [4.69, 9.17) is 0 Å². The van der Waals surface area contributed by atoms with Crippen molar-refractivity contribution in [2.75, 3.05) is 31.1 Å². The van der Waals surface area contributed by atoms with Crippen molar-refractivity contribution in [3.8, 4) is 0 Å². The first-order valence-electron chi connectivity index (χ1n) is 10.1. The monoisotopic (exact) mass is 414 g/mol. The predicted octanol–water partition coefficient (Wildman–Crippen LogP) is 3.85. The second-order valence-corrected chi connectivity index (χ2v) is 7.76. The first-order chi connectivity index (χ1) is 13.6. The van der Waals surface area contributed by atoms with Crippen LogP contribution in [0.1, 0.15) is 40.7 Å². The van der Waals surface area contributed by atoms with Gasteiger partial charge in [-0.2, -0.15) is 0 Å². The van der Waals surface area contributed by atoms with Crippen molar-refractivity contribution >= 4 is 29.8 Å². The van der Waals surface area contributed by atoms with Crippen LogP contribution in [0.25, 0.3) is 0 Å². The zero-order chi connectivity index (χ0) is 19.5. The molecule has 4 rings (SSSR count). The van der Waals surface area contributed by atoms with Gasteiger partial charge in [-0.05, 0) is 50.0 Å². The molecule has 1 N–H and O–H groups in total. The number of carboxylic acids is 1. The van der Waals surface area contributed by atoms with Crippen LogP contribution in [-0.2, 0) is 11.3 Å². The first kappa shape index (κ1) is 21.3. The molecule has 2 aromatic carbocycles. The molecule has 2 heterocycles. The fourth-order valence-corrected chi connectivity index (χ4v) is 4.40. The summed E-state index contributed by atoms with van der Waals surface area (Å²) < 4.78 is 0. The number of carboxylic acid groups (broad SMARTS) is 1. The largest absolute Gasteiger partial charge is 0.481 e. The number of anilines is 1. The number of hydrogen-bond donors (Lipinski definition) is 1. The van der Waals surface area contributed by atoms with E-state index < -0.39 is 5.97 Å². The molecule has 2 aliphatic rings. The summed E-state index contributed by atoms with van der Waals surface area (Å²) >= 11 is 0. The van der Waals surface area contributed by atoms with Gasteiger partial charge < -0.3 is 14.9 Å². The third-order valence-corrected chi connectivity index (χ3v) is 5.87. The van der Waals surface area contributed by atoms with Gasteiger partial charge >= 0.3 is 5.97 Å². The van der Waals surface area contributed by atoms with E-state index in [1.54, 1.807) is 0 Å². The molecule has 5 nitrogen and oxygen atoms in total. The maximum Gasteiger partial charge on any atom is 0.307 e. The van der Waals surface area contributed by atoms with Crippen LogP contribution in [0.2, 0.25) is 0 Å². The van der Waals surface area contributed by atoms with E-state index in [1.165, 1.54) is 0 Å². The molecule has 2 aromatic rings. The summed E-state index contributed by atoms with van der Waals surface area (Å²) in [6.07, 6.45) is 2.67. The highest BCUT2D eigenvalue weighted by Gasteiger charge is 2.26. The number of nitrogens with zero attached hydrogens (tertiary/aromatic N) is 2. The Morgan fingerprint density at radius 1 is 1.03 bits per heavy atom. The number of piperidine rings is 1. The minimum absolute atomic E-state index is 0. The van der Waals surface area contributed by atoms with Gasteiger partial charge in [0.25, 0.3) is 0 Å². The van der Waals surface area contributed by atoms with Crippen LogP contribution in [-0.4, -0.2) is 47.9 Å². The second-order valence-electron chi connectivity index (χ2n) is 7.76. The van der Waals surface area contributed by atoms with Gasteiger partial charge in [0.1, 0.15) is 0 Å². The van der Waals surface area contributed by atoms with E-state index >= 15 is 0 Å². The van der Waals surface area contributed by atoms with Crippen molar-refractivity contribution in [3.63, 3.8) is 0 Å². The molecular formula is C23H27ClN2O3. The van der Waals surface area contributed by atoms with Gasteiger partial charge in [0.15, 0.2) is 5.78 Å². The van der Waals surface area contributed by atoms with Crippen molar-refractivity contribution < 1.29 is 14.7 Å². The minimum Gasteiger partial charge on any atom is -0.481 e. The molecule has 0 unspecified atom stereocenters. The number of carbonyl (C=O) groups excluding carboxylic acids is 1. The van der Waals surface area contributed by atoms with Gasteiger partial charge in [-0.25, -0.2) is 0 Å². The Morgan fingerprint density at radius 2 is 1.76 bits per heavy atom. The predicted molar refractivity (Wildman–Crippen MR) is 116 cm³/mol. The quantitative estimate of drug-likeness (QED) is 0.805. The normalized spacial score (nSPS) is 19.0. The van der Waals surface area contributed by atoms with E-state index in [-0.39, 0.29) is 24.1 Å². The summed E-state index contributed by atoms with van der Waals surface area (Å²) in [7, 11) is 0. The minimum atomic E-state index is -0.679. The summed E-state index contributed by atoms with van der Waals surface area (Å²) in [6.45, 7) is 4.07. The fraction of sp³-hybridized carbons (Fsp3) is 0.391. The molecule has 1 fully saturated rings.